The number of phenols is 1. The molecule has 1 aromatic heterocycles. The van der Waals surface area contributed by atoms with Gasteiger partial charge < -0.3 is 20.2 Å². The highest BCUT2D eigenvalue weighted by Crippen LogP contribution is 2.34. The summed E-state index contributed by atoms with van der Waals surface area (Å²) in [7, 11) is 0. The zero-order chi connectivity index (χ0) is 20.6. The van der Waals surface area contributed by atoms with Crippen molar-refractivity contribution in [3.63, 3.8) is 0 Å². The van der Waals surface area contributed by atoms with Gasteiger partial charge in [0.25, 0.3) is 0 Å². The molecule has 0 saturated heterocycles. The molecular weight excluding hydrogens is 374 g/mol. The number of benzene rings is 2. The van der Waals surface area contributed by atoms with Gasteiger partial charge in [-0.1, -0.05) is 26.8 Å². The van der Waals surface area contributed by atoms with Gasteiger partial charge in [0, 0.05) is 17.2 Å². The number of nitrogens with zero attached hydrogens (tertiary/aromatic N) is 1. The van der Waals surface area contributed by atoms with Crippen LogP contribution < -0.4 is 10.6 Å². The Morgan fingerprint density at radius 2 is 1.89 bits per heavy atom. The van der Waals surface area contributed by atoms with Crippen molar-refractivity contribution in [3.05, 3.63) is 41.5 Å². The predicted molar refractivity (Wildman–Crippen MR) is 114 cm³/mol. The SMILES string of the molecule is Cc1cc(C)c2oc(-c3ccc(NC(=S)NC(=O)C(C)(C)C)cc3O)nc2c1. The second kappa shape index (κ2) is 7.24. The molecule has 6 nitrogen and oxygen atoms in total. The first kappa shape index (κ1) is 19.8. The van der Waals surface area contributed by atoms with Gasteiger partial charge in [0.05, 0.1) is 5.56 Å². The average Bonchev–Trinajstić information content (AvgIpc) is 2.97. The quantitative estimate of drug-likeness (QED) is 0.545. The molecule has 146 valence electrons. The molecule has 1 heterocycles. The summed E-state index contributed by atoms with van der Waals surface area (Å²) in [6.07, 6.45) is 0. The van der Waals surface area contributed by atoms with E-state index in [0.29, 0.717) is 22.7 Å². The largest absolute Gasteiger partial charge is 0.507 e. The zero-order valence-electron chi connectivity index (χ0n) is 16.5. The van der Waals surface area contributed by atoms with Crippen molar-refractivity contribution >= 4 is 40.0 Å². The molecule has 7 heteroatoms. The van der Waals surface area contributed by atoms with Crippen LogP contribution in [0, 0.1) is 19.3 Å². The van der Waals surface area contributed by atoms with E-state index in [9.17, 15) is 9.90 Å². The van der Waals surface area contributed by atoms with Gasteiger partial charge in [-0.15, -0.1) is 0 Å². The molecule has 3 N–H and O–H groups in total. The molecule has 2 aromatic carbocycles. The standard InChI is InChI=1S/C21H23N3O3S/c1-11-8-12(2)17-15(9-11)23-18(27-17)14-7-6-13(10-16(14)25)22-20(28)24-19(26)21(3,4)5/h6-10,25H,1-5H3,(H2,22,24,26,28). The number of anilines is 1. The van der Waals surface area contributed by atoms with Gasteiger partial charge in [0.15, 0.2) is 10.7 Å². The molecule has 0 aliphatic carbocycles. The monoisotopic (exact) mass is 397 g/mol. The Hall–Kier alpha value is -2.93. The molecular formula is C21H23N3O3S. The van der Waals surface area contributed by atoms with Crippen molar-refractivity contribution in [2.75, 3.05) is 5.32 Å². The number of aromatic hydroxyl groups is 1. The van der Waals surface area contributed by atoms with Crippen LogP contribution in [0.5, 0.6) is 5.75 Å². The molecule has 0 aliphatic heterocycles. The van der Waals surface area contributed by atoms with E-state index in [-0.39, 0.29) is 16.8 Å². The van der Waals surface area contributed by atoms with E-state index >= 15 is 0 Å². The molecule has 0 spiro atoms. The lowest BCUT2D eigenvalue weighted by atomic mass is 9.96. The first-order valence-electron chi connectivity index (χ1n) is 8.88. The third-order valence-corrected chi connectivity index (χ3v) is 4.42. The lowest BCUT2D eigenvalue weighted by Gasteiger charge is -2.18. The Morgan fingerprint density at radius 3 is 2.54 bits per heavy atom. The van der Waals surface area contributed by atoms with Crippen molar-refractivity contribution in [1.29, 1.82) is 0 Å². The number of hydrogen-bond donors (Lipinski definition) is 3. The molecule has 0 atom stereocenters. The third kappa shape index (κ3) is 4.14. The second-order valence-electron chi connectivity index (χ2n) is 7.84. The number of thiocarbonyl (C=S) groups is 1. The van der Waals surface area contributed by atoms with Crippen LogP contribution in [0.15, 0.2) is 34.7 Å². The second-order valence-corrected chi connectivity index (χ2v) is 8.25. The number of amides is 1. The minimum Gasteiger partial charge on any atom is -0.507 e. The van der Waals surface area contributed by atoms with Gasteiger partial charge in [0.1, 0.15) is 11.3 Å². The van der Waals surface area contributed by atoms with Crippen LogP contribution >= 0.6 is 12.2 Å². The van der Waals surface area contributed by atoms with E-state index in [1.54, 1.807) is 32.9 Å². The Morgan fingerprint density at radius 1 is 1.18 bits per heavy atom. The minimum atomic E-state index is -0.554. The van der Waals surface area contributed by atoms with Gasteiger partial charge >= 0.3 is 0 Å². The Labute approximate surface area is 169 Å². The molecule has 0 saturated carbocycles. The highest BCUT2D eigenvalue weighted by molar-refractivity contribution is 7.80. The van der Waals surface area contributed by atoms with E-state index in [4.69, 9.17) is 16.6 Å². The number of rotatable bonds is 2. The normalized spacial score (nSPS) is 11.5. The Balaban J connectivity index is 1.82. The predicted octanol–water partition coefficient (Wildman–Crippen LogP) is 4.68. The molecule has 0 radical (unpaired) electrons. The van der Waals surface area contributed by atoms with Crippen molar-refractivity contribution in [1.82, 2.24) is 10.3 Å². The van der Waals surface area contributed by atoms with E-state index in [1.807, 2.05) is 26.0 Å². The maximum absolute atomic E-state index is 12.0. The number of nitrogens with one attached hydrogen (secondary N) is 2. The number of aryl methyl sites for hydroxylation is 2. The lowest BCUT2D eigenvalue weighted by molar-refractivity contribution is -0.126. The van der Waals surface area contributed by atoms with Crippen LogP contribution in [-0.2, 0) is 4.79 Å². The van der Waals surface area contributed by atoms with Crippen LogP contribution in [0.1, 0.15) is 31.9 Å². The first-order valence-corrected chi connectivity index (χ1v) is 9.29. The molecule has 0 fully saturated rings. The molecule has 0 bridgehead atoms. The van der Waals surface area contributed by atoms with Crippen LogP contribution in [0.25, 0.3) is 22.6 Å². The van der Waals surface area contributed by atoms with Gasteiger partial charge in [0.2, 0.25) is 11.8 Å². The fraction of sp³-hybridized carbons (Fsp3) is 0.286. The first-order chi connectivity index (χ1) is 13.0. The van der Waals surface area contributed by atoms with Crippen molar-refractivity contribution in [2.24, 2.45) is 5.41 Å². The summed E-state index contributed by atoms with van der Waals surface area (Å²) in [6, 6.07) is 8.91. The average molecular weight is 398 g/mol. The lowest BCUT2D eigenvalue weighted by Crippen LogP contribution is -2.41. The highest BCUT2D eigenvalue weighted by Gasteiger charge is 2.22. The highest BCUT2D eigenvalue weighted by atomic mass is 32.1. The van der Waals surface area contributed by atoms with Crippen molar-refractivity contribution in [3.8, 4) is 17.2 Å². The topological polar surface area (TPSA) is 87.4 Å². The smallest absolute Gasteiger partial charge is 0.231 e. The van der Waals surface area contributed by atoms with E-state index in [1.165, 1.54) is 6.07 Å². The summed E-state index contributed by atoms with van der Waals surface area (Å²) in [5.41, 5.74) is 4.01. The van der Waals surface area contributed by atoms with E-state index in [2.05, 4.69) is 15.6 Å². The number of hydrogen-bond acceptors (Lipinski definition) is 5. The van der Waals surface area contributed by atoms with Crippen LogP contribution in [0.3, 0.4) is 0 Å². The van der Waals surface area contributed by atoms with E-state index < -0.39 is 5.41 Å². The van der Waals surface area contributed by atoms with Crippen molar-refractivity contribution < 1.29 is 14.3 Å². The van der Waals surface area contributed by atoms with E-state index in [0.717, 1.165) is 16.6 Å². The number of carbonyl (C=O) groups is 1. The minimum absolute atomic E-state index is 0.00382. The zero-order valence-corrected chi connectivity index (χ0v) is 17.3. The summed E-state index contributed by atoms with van der Waals surface area (Å²) < 4.78 is 5.86. The van der Waals surface area contributed by atoms with Crippen LogP contribution in [-0.4, -0.2) is 21.1 Å². The molecule has 0 aliphatic rings. The third-order valence-electron chi connectivity index (χ3n) is 4.21. The number of carbonyl (C=O) groups excluding carboxylic acids is 1. The Bertz CT molecular complexity index is 1080. The van der Waals surface area contributed by atoms with Crippen molar-refractivity contribution in [2.45, 2.75) is 34.6 Å². The molecule has 28 heavy (non-hydrogen) atoms. The summed E-state index contributed by atoms with van der Waals surface area (Å²) in [4.78, 5) is 16.5. The number of oxazole rings is 1. The molecule has 0 unspecified atom stereocenters. The van der Waals surface area contributed by atoms with Gasteiger partial charge in [-0.25, -0.2) is 4.98 Å². The summed E-state index contributed by atoms with van der Waals surface area (Å²) in [5.74, 6) is 0.148. The van der Waals surface area contributed by atoms with Gasteiger partial charge in [-0.05, 0) is 55.4 Å². The van der Waals surface area contributed by atoms with Crippen LogP contribution in [0.4, 0.5) is 5.69 Å². The number of fused-ring (bicyclic) bond motifs is 1. The Kier molecular flexibility index (Phi) is 5.12. The summed E-state index contributed by atoms with van der Waals surface area (Å²) in [6.45, 7) is 9.36. The number of aromatic nitrogens is 1. The maximum atomic E-state index is 12.0. The fourth-order valence-corrected chi connectivity index (χ4v) is 2.95. The molecule has 3 aromatic rings. The molecule has 1 amide bonds. The maximum Gasteiger partial charge on any atom is 0.231 e. The molecule has 3 rings (SSSR count). The summed E-state index contributed by atoms with van der Waals surface area (Å²) in [5, 5.41) is 16.1. The summed E-state index contributed by atoms with van der Waals surface area (Å²) >= 11 is 5.17. The van der Waals surface area contributed by atoms with Gasteiger partial charge in [-0.2, -0.15) is 0 Å². The fourth-order valence-electron chi connectivity index (χ4n) is 2.74. The van der Waals surface area contributed by atoms with Gasteiger partial charge in [-0.3, -0.25) is 4.79 Å². The number of phenolic OH excluding ortho intramolecular Hbond substituents is 1. The van der Waals surface area contributed by atoms with Crippen LogP contribution in [0.2, 0.25) is 0 Å².